The van der Waals surface area contributed by atoms with Crippen molar-refractivity contribution >= 4 is 28.9 Å². The Morgan fingerprint density at radius 3 is 2.90 bits per heavy atom. The number of carbonyl (C=O) groups excluding carboxylic acids is 1. The van der Waals surface area contributed by atoms with Crippen molar-refractivity contribution in [3.05, 3.63) is 40.9 Å². The van der Waals surface area contributed by atoms with E-state index < -0.39 is 5.97 Å². The molecule has 1 aromatic carbocycles. The summed E-state index contributed by atoms with van der Waals surface area (Å²) in [5.74, 6) is 0.353. The Morgan fingerprint density at radius 2 is 2.29 bits per heavy atom. The van der Waals surface area contributed by atoms with Gasteiger partial charge in [-0.05, 0) is 19.1 Å². The summed E-state index contributed by atoms with van der Waals surface area (Å²) in [6, 6.07) is 3.13. The number of carbonyl (C=O) groups is 1. The molecule has 0 saturated carbocycles. The fourth-order valence-corrected chi connectivity index (χ4v) is 2.21. The van der Waals surface area contributed by atoms with Crippen molar-refractivity contribution in [1.29, 1.82) is 0 Å². The van der Waals surface area contributed by atoms with Gasteiger partial charge in [0.2, 0.25) is 0 Å². The number of ether oxygens (including phenoxy) is 1. The van der Waals surface area contributed by atoms with Crippen molar-refractivity contribution in [2.45, 2.75) is 13.5 Å². The summed E-state index contributed by atoms with van der Waals surface area (Å²) in [6.45, 7) is 2.45. The smallest absolute Gasteiger partial charge is 0.340 e. The van der Waals surface area contributed by atoms with Crippen LogP contribution in [0, 0.1) is 0 Å². The third kappa shape index (κ3) is 3.46. The van der Waals surface area contributed by atoms with Gasteiger partial charge in [0.05, 0.1) is 29.4 Å². The molecule has 7 heteroatoms. The molecule has 0 aliphatic heterocycles. The summed E-state index contributed by atoms with van der Waals surface area (Å²) in [7, 11) is 1.89. The second kappa shape index (κ2) is 6.49. The van der Waals surface area contributed by atoms with Crippen LogP contribution in [0.3, 0.4) is 0 Å². The van der Waals surface area contributed by atoms with Crippen LogP contribution in [0.15, 0.2) is 24.5 Å². The molecule has 0 unspecified atom stereocenters. The number of hydrogen-bond acceptors (Lipinski definition) is 5. The number of benzene rings is 1. The maximum atomic E-state index is 12.0. The number of nitrogens with one attached hydrogen (secondary N) is 1. The average Bonchev–Trinajstić information content (AvgIpc) is 2.83. The van der Waals surface area contributed by atoms with Gasteiger partial charge in [0.25, 0.3) is 0 Å². The minimum absolute atomic E-state index is 0.282. The fraction of sp³-hybridized carbons (Fsp3) is 0.286. The molecule has 0 amide bonds. The number of halogens is 1. The van der Waals surface area contributed by atoms with E-state index >= 15 is 0 Å². The number of esters is 1. The molecule has 1 heterocycles. The van der Waals surface area contributed by atoms with Gasteiger partial charge >= 0.3 is 5.97 Å². The minimum atomic E-state index is -0.464. The molecule has 0 radical (unpaired) electrons. The molecule has 0 saturated heterocycles. The van der Waals surface area contributed by atoms with E-state index in [1.165, 1.54) is 0 Å². The van der Waals surface area contributed by atoms with E-state index in [0.29, 0.717) is 28.5 Å². The molecular weight excluding hydrogens is 292 g/mol. The molecule has 0 bridgehead atoms. The van der Waals surface area contributed by atoms with Gasteiger partial charge in [0.1, 0.15) is 5.82 Å². The van der Waals surface area contributed by atoms with Crippen molar-refractivity contribution in [3.8, 4) is 0 Å². The number of nitrogens with zero attached hydrogens (tertiary/aromatic N) is 2. The summed E-state index contributed by atoms with van der Waals surface area (Å²) >= 11 is 6.18. The van der Waals surface area contributed by atoms with E-state index in [2.05, 4.69) is 10.3 Å². The van der Waals surface area contributed by atoms with Crippen LogP contribution in [0.2, 0.25) is 5.02 Å². The summed E-state index contributed by atoms with van der Waals surface area (Å²) < 4.78 is 6.90. The number of imidazole rings is 1. The Hall–Kier alpha value is -2.21. The number of rotatable bonds is 5. The van der Waals surface area contributed by atoms with Crippen LogP contribution in [0.25, 0.3) is 0 Å². The zero-order chi connectivity index (χ0) is 15.4. The van der Waals surface area contributed by atoms with E-state index in [4.69, 9.17) is 22.1 Å². The average molecular weight is 309 g/mol. The third-order valence-corrected chi connectivity index (χ3v) is 3.25. The Labute approximate surface area is 127 Å². The van der Waals surface area contributed by atoms with E-state index in [9.17, 15) is 4.79 Å². The van der Waals surface area contributed by atoms with Crippen molar-refractivity contribution in [1.82, 2.24) is 9.55 Å². The van der Waals surface area contributed by atoms with E-state index in [0.717, 1.165) is 5.82 Å². The number of hydrogen-bond donors (Lipinski definition) is 2. The van der Waals surface area contributed by atoms with E-state index in [1.54, 1.807) is 25.3 Å². The van der Waals surface area contributed by atoms with Crippen LogP contribution in [-0.4, -0.2) is 22.1 Å². The molecule has 0 spiro atoms. The molecule has 0 aliphatic carbocycles. The van der Waals surface area contributed by atoms with Gasteiger partial charge in [0, 0.05) is 25.1 Å². The highest BCUT2D eigenvalue weighted by atomic mass is 35.5. The normalized spacial score (nSPS) is 10.4. The zero-order valence-corrected chi connectivity index (χ0v) is 12.6. The molecule has 112 valence electrons. The number of aryl methyl sites for hydroxylation is 1. The molecular formula is C14H17ClN4O2. The number of aromatic nitrogens is 2. The zero-order valence-electron chi connectivity index (χ0n) is 11.9. The fourth-order valence-electron chi connectivity index (χ4n) is 1.91. The Kier molecular flexibility index (Phi) is 4.70. The molecule has 2 rings (SSSR count). The SMILES string of the molecule is CCOC(=O)c1cc(N)cc(Cl)c1NCc1nccn1C. The van der Waals surface area contributed by atoms with Gasteiger partial charge in [-0.2, -0.15) is 0 Å². The maximum Gasteiger partial charge on any atom is 0.340 e. The summed E-state index contributed by atoms with van der Waals surface area (Å²) in [4.78, 5) is 16.2. The first-order chi connectivity index (χ1) is 10.0. The van der Waals surface area contributed by atoms with Gasteiger partial charge in [-0.1, -0.05) is 11.6 Å². The summed E-state index contributed by atoms with van der Waals surface area (Å²) in [5, 5.41) is 3.49. The standard InChI is InChI=1S/C14H17ClN4O2/c1-3-21-14(20)10-6-9(16)7-11(15)13(10)18-8-12-17-4-5-19(12)2/h4-7,18H,3,8,16H2,1-2H3. The minimum Gasteiger partial charge on any atom is -0.462 e. The van der Waals surface area contributed by atoms with Crippen LogP contribution in [0.1, 0.15) is 23.1 Å². The highest BCUT2D eigenvalue weighted by Crippen LogP contribution is 2.30. The quantitative estimate of drug-likeness (QED) is 0.655. The lowest BCUT2D eigenvalue weighted by atomic mass is 10.1. The molecule has 0 aliphatic rings. The molecule has 0 fully saturated rings. The van der Waals surface area contributed by atoms with Crippen LogP contribution in [-0.2, 0) is 18.3 Å². The monoisotopic (exact) mass is 308 g/mol. The van der Waals surface area contributed by atoms with Crippen LogP contribution < -0.4 is 11.1 Å². The first-order valence-corrected chi connectivity index (χ1v) is 6.87. The predicted octanol–water partition coefficient (Wildman–Crippen LogP) is 2.44. The molecule has 0 atom stereocenters. The van der Waals surface area contributed by atoms with Gasteiger partial charge in [0.15, 0.2) is 0 Å². The number of nitrogens with two attached hydrogens (primary N) is 1. The Balaban J connectivity index is 2.28. The first kappa shape index (κ1) is 15.2. The Bertz CT molecular complexity index is 654. The lowest BCUT2D eigenvalue weighted by Gasteiger charge is -2.14. The summed E-state index contributed by atoms with van der Waals surface area (Å²) in [6.07, 6.45) is 3.54. The lowest BCUT2D eigenvalue weighted by Crippen LogP contribution is -2.12. The predicted molar refractivity (Wildman–Crippen MR) is 82.4 cm³/mol. The first-order valence-electron chi connectivity index (χ1n) is 6.49. The van der Waals surface area contributed by atoms with Crippen LogP contribution in [0.4, 0.5) is 11.4 Å². The van der Waals surface area contributed by atoms with Crippen LogP contribution in [0.5, 0.6) is 0 Å². The Morgan fingerprint density at radius 1 is 1.52 bits per heavy atom. The van der Waals surface area contributed by atoms with Crippen molar-refractivity contribution in [3.63, 3.8) is 0 Å². The van der Waals surface area contributed by atoms with Crippen molar-refractivity contribution in [2.75, 3.05) is 17.7 Å². The molecule has 21 heavy (non-hydrogen) atoms. The molecule has 6 nitrogen and oxygen atoms in total. The highest BCUT2D eigenvalue weighted by molar-refractivity contribution is 6.34. The van der Waals surface area contributed by atoms with Gasteiger partial charge in [-0.25, -0.2) is 9.78 Å². The maximum absolute atomic E-state index is 12.0. The molecule has 3 N–H and O–H groups in total. The van der Waals surface area contributed by atoms with E-state index in [-0.39, 0.29) is 6.61 Å². The second-order valence-corrected chi connectivity index (χ2v) is 4.86. The topological polar surface area (TPSA) is 82.2 Å². The largest absolute Gasteiger partial charge is 0.462 e. The van der Waals surface area contributed by atoms with Crippen molar-refractivity contribution < 1.29 is 9.53 Å². The van der Waals surface area contributed by atoms with Crippen LogP contribution >= 0.6 is 11.6 Å². The third-order valence-electron chi connectivity index (χ3n) is 2.95. The highest BCUT2D eigenvalue weighted by Gasteiger charge is 2.17. The lowest BCUT2D eigenvalue weighted by molar-refractivity contribution is 0.0527. The van der Waals surface area contributed by atoms with Gasteiger partial charge in [-0.15, -0.1) is 0 Å². The molecule has 1 aromatic heterocycles. The van der Waals surface area contributed by atoms with E-state index in [1.807, 2.05) is 17.8 Å². The number of anilines is 2. The molecule has 2 aromatic rings. The summed E-state index contributed by atoms with van der Waals surface area (Å²) in [5.41, 5.74) is 6.96. The van der Waals surface area contributed by atoms with Gasteiger partial charge in [-0.3, -0.25) is 0 Å². The van der Waals surface area contributed by atoms with Gasteiger partial charge < -0.3 is 20.4 Å². The van der Waals surface area contributed by atoms with Crippen molar-refractivity contribution in [2.24, 2.45) is 7.05 Å². The number of nitrogen functional groups attached to an aromatic ring is 1. The second-order valence-electron chi connectivity index (χ2n) is 4.45.